The number of likely N-dealkylation sites (tertiary alicyclic amines) is 1. The average molecular weight is 541 g/mol. The van der Waals surface area contributed by atoms with Gasteiger partial charge in [0.15, 0.2) is 0 Å². The average Bonchev–Trinajstić information content (AvgIpc) is 3.11. The minimum absolute atomic E-state index is 0. The molecule has 0 aliphatic carbocycles. The zero-order chi connectivity index (χ0) is 21.5. The van der Waals surface area contributed by atoms with E-state index in [4.69, 9.17) is 9.47 Å². The van der Waals surface area contributed by atoms with Gasteiger partial charge in [0.25, 0.3) is 0 Å². The van der Waals surface area contributed by atoms with Crippen LogP contribution in [0.4, 0.5) is 0 Å². The van der Waals surface area contributed by atoms with Crippen molar-refractivity contribution in [2.75, 3.05) is 27.2 Å². The summed E-state index contributed by atoms with van der Waals surface area (Å²) in [7, 11) is 4.41. The molecule has 0 N–H and O–H groups in total. The Morgan fingerprint density at radius 1 is 0.719 bits per heavy atom. The molecule has 1 spiro atoms. The summed E-state index contributed by atoms with van der Waals surface area (Å²) >= 11 is 0. The Bertz CT molecular complexity index is 1070. The molecular formula is C27H28INO3. The first-order chi connectivity index (χ1) is 14.9. The zero-order valence-corrected chi connectivity index (χ0v) is 20.6. The maximum Gasteiger partial charge on any atom is 0.350 e. The highest BCUT2D eigenvalue weighted by molar-refractivity contribution is 5.88. The fourth-order valence-electron chi connectivity index (χ4n) is 4.69. The van der Waals surface area contributed by atoms with Gasteiger partial charge in [0.1, 0.15) is 0 Å². The maximum atomic E-state index is 13.5. The Hall–Kier alpha value is -2.22. The number of rotatable bonds is 3. The van der Waals surface area contributed by atoms with Gasteiger partial charge in [-0.2, -0.15) is 0 Å². The van der Waals surface area contributed by atoms with E-state index in [9.17, 15) is 4.79 Å². The molecule has 5 heteroatoms. The van der Waals surface area contributed by atoms with Crippen LogP contribution in [0.5, 0.6) is 0 Å². The molecule has 0 radical (unpaired) electrons. The third-order valence-corrected chi connectivity index (χ3v) is 6.68. The Balaban J connectivity index is 0.00000245. The summed E-state index contributed by atoms with van der Waals surface area (Å²) < 4.78 is 13.7. The molecule has 3 aromatic carbocycles. The molecule has 1 unspecified atom stereocenters. The molecule has 1 atom stereocenters. The van der Waals surface area contributed by atoms with E-state index in [1.54, 1.807) is 0 Å². The summed E-state index contributed by atoms with van der Waals surface area (Å²) in [4.78, 5) is 13.5. The van der Waals surface area contributed by atoms with E-state index >= 15 is 0 Å². The van der Waals surface area contributed by atoms with E-state index in [-0.39, 0.29) is 29.9 Å². The number of benzene rings is 3. The molecule has 0 amide bonds. The first-order valence-corrected chi connectivity index (χ1v) is 10.9. The van der Waals surface area contributed by atoms with Crippen LogP contribution in [0.15, 0.2) is 84.9 Å². The fraction of sp³-hybridized carbons (Fsp3) is 0.296. The summed E-state index contributed by atoms with van der Waals surface area (Å²) in [5.41, 5.74) is 2.61. The van der Waals surface area contributed by atoms with Crippen molar-refractivity contribution in [3.63, 3.8) is 0 Å². The second kappa shape index (κ2) is 8.61. The van der Waals surface area contributed by atoms with Crippen LogP contribution in [0.3, 0.4) is 0 Å². The predicted octanol–water partition coefficient (Wildman–Crippen LogP) is 1.74. The van der Waals surface area contributed by atoms with Crippen LogP contribution in [-0.4, -0.2) is 43.4 Å². The number of piperidine rings is 1. The molecule has 2 saturated heterocycles. The highest BCUT2D eigenvalue weighted by Gasteiger charge is 2.61. The van der Waals surface area contributed by atoms with E-state index in [0.29, 0.717) is 12.8 Å². The molecule has 0 saturated carbocycles. The van der Waals surface area contributed by atoms with Crippen LogP contribution in [0, 0.1) is 0 Å². The van der Waals surface area contributed by atoms with Crippen LogP contribution in [-0.2, 0) is 19.9 Å². The van der Waals surface area contributed by atoms with E-state index in [1.807, 2.05) is 60.7 Å². The maximum absolute atomic E-state index is 13.5. The van der Waals surface area contributed by atoms with Gasteiger partial charge in [-0.3, -0.25) is 0 Å². The van der Waals surface area contributed by atoms with E-state index in [1.165, 1.54) is 0 Å². The Morgan fingerprint density at radius 2 is 1.22 bits per heavy atom. The number of hydrogen-bond donors (Lipinski definition) is 0. The van der Waals surface area contributed by atoms with Gasteiger partial charge in [0.05, 0.1) is 40.0 Å². The molecule has 2 aliphatic rings. The lowest BCUT2D eigenvalue weighted by molar-refractivity contribution is -0.898. The number of quaternary nitrogens is 1. The van der Waals surface area contributed by atoms with Crippen LogP contribution in [0.1, 0.15) is 24.0 Å². The molecular weight excluding hydrogens is 513 g/mol. The predicted molar refractivity (Wildman–Crippen MR) is 120 cm³/mol. The second-order valence-electron chi connectivity index (χ2n) is 9.28. The van der Waals surface area contributed by atoms with Gasteiger partial charge in [-0.1, -0.05) is 84.9 Å². The quantitative estimate of drug-likeness (QED) is 0.288. The molecule has 0 bridgehead atoms. The molecule has 0 aromatic heterocycles. The smallest absolute Gasteiger partial charge is 0.350 e. The van der Waals surface area contributed by atoms with Gasteiger partial charge < -0.3 is 37.9 Å². The number of hydrogen-bond acceptors (Lipinski definition) is 3. The van der Waals surface area contributed by atoms with Gasteiger partial charge >= 0.3 is 5.97 Å². The molecule has 166 valence electrons. The summed E-state index contributed by atoms with van der Waals surface area (Å²) in [6.45, 7) is 1.82. The summed E-state index contributed by atoms with van der Waals surface area (Å²) in [5, 5.41) is 0. The van der Waals surface area contributed by atoms with Crippen molar-refractivity contribution in [1.82, 2.24) is 0 Å². The number of nitrogens with zero attached hydrogens (tertiary/aromatic N) is 1. The Kier molecular flexibility index (Phi) is 6.18. The van der Waals surface area contributed by atoms with Gasteiger partial charge in [-0.25, -0.2) is 4.79 Å². The lowest BCUT2D eigenvalue weighted by Crippen LogP contribution is -3.00. The van der Waals surface area contributed by atoms with Crippen molar-refractivity contribution in [3.8, 4) is 11.1 Å². The van der Waals surface area contributed by atoms with Gasteiger partial charge in [0, 0.05) is 0 Å². The standard InChI is InChI=1S/C27H28NO3.HI/c1-28(2)19-17-26(18-20-28)30-25(29)27(31-26,23-11-7-4-8-12-23)24-15-13-22(14-16-24)21-9-5-3-6-10-21;/h3-16H,17-20H2,1-2H3;1H/q+1;/p-1. The minimum atomic E-state index is -1.25. The van der Waals surface area contributed by atoms with Gasteiger partial charge in [0.2, 0.25) is 11.4 Å². The molecule has 2 aliphatic heterocycles. The van der Waals surface area contributed by atoms with E-state index in [2.05, 4.69) is 38.4 Å². The zero-order valence-electron chi connectivity index (χ0n) is 18.5. The molecule has 2 fully saturated rings. The van der Waals surface area contributed by atoms with E-state index < -0.39 is 11.4 Å². The van der Waals surface area contributed by atoms with Crippen molar-refractivity contribution in [2.45, 2.75) is 24.2 Å². The van der Waals surface area contributed by atoms with Crippen LogP contribution >= 0.6 is 0 Å². The van der Waals surface area contributed by atoms with Crippen molar-refractivity contribution in [1.29, 1.82) is 0 Å². The van der Waals surface area contributed by atoms with Crippen molar-refractivity contribution in [2.24, 2.45) is 0 Å². The highest BCUT2D eigenvalue weighted by Crippen LogP contribution is 2.49. The third-order valence-electron chi connectivity index (χ3n) is 6.68. The number of carbonyl (C=O) groups excluding carboxylic acids is 1. The second-order valence-corrected chi connectivity index (χ2v) is 9.28. The van der Waals surface area contributed by atoms with Crippen LogP contribution < -0.4 is 24.0 Å². The lowest BCUT2D eigenvalue weighted by Gasteiger charge is -2.41. The first-order valence-electron chi connectivity index (χ1n) is 10.9. The molecule has 3 aromatic rings. The fourth-order valence-corrected chi connectivity index (χ4v) is 4.69. The third kappa shape index (κ3) is 3.98. The topological polar surface area (TPSA) is 35.5 Å². The monoisotopic (exact) mass is 541 g/mol. The molecule has 4 nitrogen and oxygen atoms in total. The summed E-state index contributed by atoms with van der Waals surface area (Å²) in [6, 6.07) is 28.1. The largest absolute Gasteiger partial charge is 1.00 e. The van der Waals surface area contributed by atoms with Crippen molar-refractivity contribution in [3.05, 3.63) is 96.1 Å². The van der Waals surface area contributed by atoms with Crippen molar-refractivity contribution < 1.29 is 42.7 Å². The summed E-state index contributed by atoms with van der Waals surface area (Å²) in [5.74, 6) is -1.18. The molecule has 32 heavy (non-hydrogen) atoms. The van der Waals surface area contributed by atoms with Gasteiger partial charge in [-0.15, -0.1) is 0 Å². The minimum Gasteiger partial charge on any atom is -1.00 e. The van der Waals surface area contributed by atoms with Crippen molar-refractivity contribution >= 4 is 5.97 Å². The number of halogens is 1. The molecule has 2 heterocycles. The lowest BCUT2D eigenvalue weighted by atomic mass is 9.85. The number of carbonyl (C=O) groups is 1. The van der Waals surface area contributed by atoms with Gasteiger partial charge in [-0.05, 0) is 22.3 Å². The Morgan fingerprint density at radius 3 is 1.81 bits per heavy atom. The molecule has 5 rings (SSSR count). The number of ether oxygens (including phenoxy) is 2. The van der Waals surface area contributed by atoms with Crippen LogP contribution in [0.25, 0.3) is 11.1 Å². The Labute approximate surface area is 206 Å². The number of esters is 1. The normalized spacial score (nSPS) is 23.4. The van der Waals surface area contributed by atoms with Crippen LogP contribution in [0.2, 0.25) is 0 Å². The summed E-state index contributed by atoms with van der Waals surface area (Å²) in [6.07, 6.45) is 1.39. The SMILES string of the molecule is C[N+]1(C)CCC2(CC1)OC(=O)C(c1ccccc1)(c1ccc(-c3ccccc3)cc1)O2.[I-]. The highest BCUT2D eigenvalue weighted by atomic mass is 127. The van der Waals surface area contributed by atoms with E-state index in [0.717, 1.165) is 39.8 Å². The first kappa shape index (κ1) is 23.0.